The fourth-order valence-electron chi connectivity index (χ4n) is 5.19. The van der Waals surface area contributed by atoms with Gasteiger partial charge in [0.2, 0.25) is 11.7 Å². The van der Waals surface area contributed by atoms with Gasteiger partial charge in [0.15, 0.2) is 20.5 Å². The van der Waals surface area contributed by atoms with Gasteiger partial charge in [-0.25, -0.2) is 8.78 Å². The molecule has 3 rings (SSSR count). The SMILES string of the molecule is COc1cc(CN2CCC(Cc3ccc(F)cc3F)(CC(O[SiH](C)C)C(C)(C)C)C2=O)cc(OC)c1OC. The van der Waals surface area contributed by atoms with Crippen LogP contribution in [0.4, 0.5) is 8.78 Å². The molecule has 2 aromatic rings. The van der Waals surface area contributed by atoms with Crippen molar-refractivity contribution < 1.29 is 32.2 Å². The van der Waals surface area contributed by atoms with Crippen molar-refractivity contribution in [1.29, 1.82) is 0 Å². The van der Waals surface area contributed by atoms with Gasteiger partial charge in [0.05, 0.1) is 32.8 Å². The number of hydrogen-bond donors (Lipinski definition) is 0. The van der Waals surface area contributed by atoms with Crippen LogP contribution in [0.5, 0.6) is 17.2 Å². The maximum atomic E-state index is 14.8. The van der Waals surface area contributed by atoms with Crippen molar-refractivity contribution in [3.05, 3.63) is 53.1 Å². The summed E-state index contributed by atoms with van der Waals surface area (Å²) in [6.45, 7) is 11.4. The van der Waals surface area contributed by atoms with Crippen molar-refractivity contribution >= 4 is 14.9 Å². The fourth-order valence-corrected chi connectivity index (χ4v) is 6.35. The van der Waals surface area contributed by atoms with Crippen LogP contribution >= 0.6 is 0 Å². The van der Waals surface area contributed by atoms with Crippen LogP contribution in [0.25, 0.3) is 0 Å². The van der Waals surface area contributed by atoms with Crippen molar-refractivity contribution in [2.75, 3.05) is 27.9 Å². The largest absolute Gasteiger partial charge is 0.493 e. The number of carbonyl (C=O) groups is 1. The van der Waals surface area contributed by atoms with Crippen LogP contribution < -0.4 is 14.2 Å². The van der Waals surface area contributed by atoms with E-state index in [4.69, 9.17) is 18.6 Å². The number of rotatable bonds is 11. The lowest BCUT2D eigenvalue weighted by Gasteiger charge is -2.39. The number of carbonyl (C=O) groups excluding carboxylic acids is 1. The fraction of sp³-hybridized carbons (Fsp3) is 0.552. The number of amides is 1. The molecule has 0 radical (unpaired) electrons. The van der Waals surface area contributed by atoms with Crippen molar-refractivity contribution in [1.82, 2.24) is 4.90 Å². The molecular formula is C29H41F2NO5Si. The van der Waals surface area contributed by atoms with Crippen LogP contribution in [0.1, 0.15) is 44.7 Å². The molecule has 2 atom stereocenters. The summed E-state index contributed by atoms with van der Waals surface area (Å²) in [5.41, 5.74) is 0.0787. The van der Waals surface area contributed by atoms with Crippen molar-refractivity contribution in [2.45, 2.75) is 65.8 Å². The maximum absolute atomic E-state index is 14.8. The Morgan fingerprint density at radius 2 is 1.66 bits per heavy atom. The third kappa shape index (κ3) is 6.67. The Balaban J connectivity index is 1.99. The predicted octanol–water partition coefficient (Wildman–Crippen LogP) is 5.76. The quantitative estimate of drug-likeness (QED) is 0.334. The molecule has 2 aromatic carbocycles. The van der Waals surface area contributed by atoms with Crippen LogP contribution in [-0.2, 0) is 22.2 Å². The summed E-state index contributed by atoms with van der Waals surface area (Å²) in [6, 6.07) is 7.25. The molecule has 6 nitrogen and oxygen atoms in total. The Bertz CT molecular complexity index is 1110. The molecule has 0 aromatic heterocycles. The summed E-state index contributed by atoms with van der Waals surface area (Å²) in [5.74, 6) is 0.178. The third-order valence-corrected chi connectivity index (χ3v) is 8.09. The van der Waals surface area contributed by atoms with Crippen LogP contribution in [0.3, 0.4) is 0 Å². The highest BCUT2D eigenvalue weighted by atomic mass is 28.3. The molecule has 1 heterocycles. The zero-order valence-corrected chi connectivity index (χ0v) is 25.0. The van der Waals surface area contributed by atoms with E-state index in [9.17, 15) is 13.6 Å². The molecule has 0 aliphatic carbocycles. The summed E-state index contributed by atoms with van der Waals surface area (Å²) < 4.78 is 51.3. The first kappa shape index (κ1) is 29.9. The van der Waals surface area contributed by atoms with E-state index in [-0.39, 0.29) is 23.8 Å². The lowest BCUT2D eigenvalue weighted by Crippen LogP contribution is -2.43. The molecule has 2 unspecified atom stereocenters. The molecule has 0 spiro atoms. The van der Waals surface area contributed by atoms with Gasteiger partial charge in [-0.3, -0.25) is 4.79 Å². The van der Waals surface area contributed by atoms with Crippen LogP contribution in [0.2, 0.25) is 13.1 Å². The van der Waals surface area contributed by atoms with E-state index >= 15 is 0 Å². The Labute approximate surface area is 226 Å². The first-order chi connectivity index (χ1) is 17.8. The van der Waals surface area contributed by atoms with E-state index in [0.717, 1.165) is 11.6 Å². The predicted molar refractivity (Wildman–Crippen MR) is 146 cm³/mol. The number of halogens is 2. The second kappa shape index (κ2) is 12.0. The molecular weight excluding hydrogens is 508 g/mol. The first-order valence-electron chi connectivity index (χ1n) is 13.0. The van der Waals surface area contributed by atoms with Gasteiger partial charge in [0.25, 0.3) is 0 Å². The smallest absolute Gasteiger partial charge is 0.229 e. The number of hydrogen-bond acceptors (Lipinski definition) is 5. The van der Waals surface area contributed by atoms with Crippen molar-refractivity contribution in [2.24, 2.45) is 10.8 Å². The van der Waals surface area contributed by atoms with Gasteiger partial charge >= 0.3 is 0 Å². The molecule has 1 fully saturated rings. The molecule has 38 heavy (non-hydrogen) atoms. The highest BCUT2D eigenvalue weighted by molar-refractivity contribution is 6.48. The van der Waals surface area contributed by atoms with Crippen LogP contribution in [0.15, 0.2) is 30.3 Å². The minimum atomic E-state index is -1.43. The van der Waals surface area contributed by atoms with Crippen LogP contribution in [-0.4, -0.2) is 53.8 Å². The molecule has 210 valence electrons. The molecule has 1 saturated heterocycles. The van der Waals surface area contributed by atoms with Crippen molar-refractivity contribution in [3.8, 4) is 17.2 Å². The number of ether oxygens (including phenoxy) is 3. The van der Waals surface area contributed by atoms with E-state index in [1.165, 1.54) is 12.1 Å². The maximum Gasteiger partial charge on any atom is 0.229 e. The van der Waals surface area contributed by atoms with E-state index in [1.807, 2.05) is 12.1 Å². The van der Waals surface area contributed by atoms with Gasteiger partial charge in [-0.1, -0.05) is 26.8 Å². The first-order valence-corrected chi connectivity index (χ1v) is 15.8. The summed E-state index contributed by atoms with van der Waals surface area (Å²) in [5, 5.41) is 0. The highest BCUT2D eigenvalue weighted by Crippen LogP contribution is 2.45. The summed E-state index contributed by atoms with van der Waals surface area (Å²) >= 11 is 0. The Hall–Kier alpha value is -2.65. The molecule has 0 saturated carbocycles. The van der Waals surface area contributed by atoms with Gasteiger partial charge < -0.3 is 23.5 Å². The normalized spacial score (nSPS) is 18.7. The molecule has 1 amide bonds. The van der Waals surface area contributed by atoms with Gasteiger partial charge in [0.1, 0.15) is 11.6 Å². The average molecular weight is 550 g/mol. The lowest BCUT2D eigenvalue weighted by molar-refractivity contribution is -0.138. The zero-order chi connectivity index (χ0) is 28.3. The zero-order valence-electron chi connectivity index (χ0n) is 23.8. The van der Waals surface area contributed by atoms with Gasteiger partial charge in [-0.2, -0.15) is 0 Å². The van der Waals surface area contributed by atoms with E-state index in [1.54, 1.807) is 26.2 Å². The molecule has 0 bridgehead atoms. The average Bonchev–Trinajstić information content (AvgIpc) is 3.13. The number of likely N-dealkylation sites (tertiary alicyclic amines) is 1. The van der Waals surface area contributed by atoms with E-state index in [2.05, 4.69) is 33.9 Å². The standard InChI is InChI=1S/C29H41F2NO5Si/c1-28(2,3)25(37-38(7)8)17-29(16-20-9-10-21(30)15-22(20)31)11-12-32(27(29)33)18-19-13-23(34-4)26(36-6)24(14-19)35-5/h9-10,13-15,25,38H,11-12,16-18H2,1-8H3. The number of nitrogens with zero attached hydrogens (tertiary/aromatic N) is 1. The number of benzene rings is 2. The molecule has 1 aliphatic heterocycles. The highest BCUT2D eigenvalue weighted by Gasteiger charge is 2.49. The minimum absolute atomic E-state index is 0.0572. The third-order valence-electron chi connectivity index (χ3n) is 7.22. The second-order valence-corrected chi connectivity index (χ2v) is 13.8. The van der Waals surface area contributed by atoms with E-state index < -0.39 is 26.1 Å². The number of methoxy groups -OCH3 is 3. The summed E-state index contributed by atoms with van der Waals surface area (Å²) in [6.07, 6.45) is 1.01. The topological polar surface area (TPSA) is 57.2 Å². The van der Waals surface area contributed by atoms with Gasteiger partial charge in [-0.05, 0) is 67.1 Å². The van der Waals surface area contributed by atoms with Crippen molar-refractivity contribution in [3.63, 3.8) is 0 Å². The molecule has 9 heteroatoms. The minimum Gasteiger partial charge on any atom is -0.493 e. The molecule has 1 aliphatic rings. The second-order valence-electron chi connectivity index (χ2n) is 11.4. The Morgan fingerprint density at radius 1 is 1.03 bits per heavy atom. The van der Waals surface area contributed by atoms with E-state index in [0.29, 0.717) is 48.7 Å². The summed E-state index contributed by atoms with van der Waals surface area (Å²) in [4.78, 5) is 16.0. The van der Waals surface area contributed by atoms with Gasteiger partial charge in [0, 0.05) is 19.2 Å². The Kier molecular flexibility index (Phi) is 9.46. The van der Waals surface area contributed by atoms with Gasteiger partial charge in [-0.15, -0.1) is 0 Å². The molecule has 0 N–H and O–H groups in total. The van der Waals surface area contributed by atoms with Crippen LogP contribution in [0, 0.1) is 22.5 Å². The Morgan fingerprint density at radius 3 is 2.16 bits per heavy atom. The lowest BCUT2D eigenvalue weighted by atomic mass is 9.71. The monoisotopic (exact) mass is 549 g/mol. The summed E-state index contributed by atoms with van der Waals surface area (Å²) in [7, 11) is 3.22.